The molecule has 1 heteroatoms. The van der Waals surface area contributed by atoms with Crippen molar-refractivity contribution in [2.75, 3.05) is 6.54 Å². The first-order chi connectivity index (χ1) is 8.85. The predicted octanol–water partition coefficient (Wildman–Crippen LogP) is 5.67. The van der Waals surface area contributed by atoms with Gasteiger partial charge in [-0.05, 0) is 18.9 Å². The largest absolute Gasteiger partial charge is 0.330 e. The van der Waals surface area contributed by atoms with Gasteiger partial charge in [-0.2, -0.15) is 0 Å². The Bertz CT molecular complexity index is 145. The van der Waals surface area contributed by atoms with Crippen LogP contribution in [0.2, 0.25) is 0 Å². The molecule has 0 saturated heterocycles. The molecular formula is C17H37N. The van der Waals surface area contributed by atoms with Crippen molar-refractivity contribution in [2.45, 2.75) is 97.3 Å². The highest BCUT2D eigenvalue weighted by molar-refractivity contribution is 4.61. The first-order valence-corrected chi connectivity index (χ1v) is 8.55. The molecule has 1 nitrogen and oxygen atoms in total. The van der Waals surface area contributed by atoms with Crippen LogP contribution in [-0.2, 0) is 0 Å². The number of rotatable bonds is 14. The van der Waals surface area contributed by atoms with Crippen LogP contribution in [0, 0.1) is 5.92 Å². The molecule has 0 aromatic rings. The Kier molecular flexibility index (Phi) is 15.0. The van der Waals surface area contributed by atoms with Gasteiger partial charge >= 0.3 is 0 Å². The fourth-order valence-corrected chi connectivity index (χ4v) is 2.74. The van der Waals surface area contributed by atoms with E-state index in [4.69, 9.17) is 5.73 Å². The first kappa shape index (κ1) is 18.0. The average Bonchev–Trinajstić information content (AvgIpc) is 2.38. The highest BCUT2D eigenvalue weighted by Crippen LogP contribution is 2.21. The summed E-state index contributed by atoms with van der Waals surface area (Å²) >= 11 is 0. The zero-order valence-electron chi connectivity index (χ0n) is 13.1. The summed E-state index contributed by atoms with van der Waals surface area (Å²) in [6.45, 7) is 5.45. The minimum atomic E-state index is 0.883. The summed E-state index contributed by atoms with van der Waals surface area (Å²) in [5.74, 6) is 0.915. The van der Waals surface area contributed by atoms with Gasteiger partial charge in [-0.25, -0.2) is 0 Å². The number of hydrogen-bond donors (Lipinski definition) is 1. The molecule has 18 heavy (non-hydrogen) atoms. The van der Waals surface area contributed by atoms with Gasteiger partial charge in [-0.1, -0.05) is 90.9 Å². The Morgan fingerprint density at radius 3 is 1.56 bits per heavy atom. The smallest absolute Gasteiger partial charge is 0.00746 e. The van der Waals surface area contributed by atoms with E-state index in [2.05, 4.69) is 13.8 Å². The van der Waals surface area contributed by atoms with Gasteiger partial charge in [-0.3, -0.25) is 0 Å². The summed E-state index contributed by atoms with van der Waals surface area (Å²) in [7, 11) is 0. The second kappa shape index (κ2) is 15.0. The molecule has 110 valence electrons. The predicted molar refractivity (Wildman–Crippen MR) is 83.9 cm³/mol. The quantitative estimate of drug-likeness (QED) is 0.397. The van der Waals surface area contributed by atoms with Crippen LogP contribution in [0.3, 0.4) is 0 Å². The third-order valence-corrected chi connectivity index (χ3v) is 4.01. The van der Waals surface area contributed by atoms with Crippen molar-refractivity contribution < 1.29 is 0 Å². The molecule has 0 amide bonds. The topological polar surface area (TPSA) is 26.0 Å². The summed E-state index contributed by atoms with van der Waals surface area (Å²) in [6.07, 6.45) is 18.2. The van der Waals surface area contributed by atoms with Crippen molar-refractivity contribution in [3.05, 3.63) is 0 Å². The van der Waals surface area contributed by atoms with Crippen LogP contribution in [0.25, 0.3) is 0 Å². The van der Waals surface area contributed by atoms with Crippen molar-refractivity contribution >= 4 is 0 Å². The third-order valence-electron chi connectivity index (χ3n) is 4.01. The van der Waals surface area contributed by atoms with Crippen LogP contribution >= 0.6 is 0 Å². The Morgan fingerprint density at radius 2 is 1.06 bits per heavy atom. The third kappa shape index (κ3) is 12.4. The molecule has 1 unspecified atom stereocenters. The minimum absolute atomic E-state index is 0.883. The van der Waals surface area contributed by atoms with Gasteiger partial charge in [0.2, 0.25) is 0 Å². The molecule has 0 spiro atoms. The molecule has 2 N–H and O–H groups in total. The van der Waals surface area contributed by atoms with Gasteiger partial charge in [0.25, 0.3) is 0 Å². The lowest BCUT2D eigenvalue weighted by Crippen LogP contribution is -2.09. The molecule has 0 saturated carbocycles. The van der Waals surface area contributed by atoms with Crippen molar-refractivity contribution in [2.24, 2.45) is 11.7 Å². The Hall–Kier alpha value is -0.0400. The van der Waals surface area contributed by atoms with E-state index in [0.29, 0.717) is 0 Å². The zero-order valence-corrected chi connectivity index (χ0v) is 13.1. The lowest BCUT2D eigenvalue weighted by Gasteiger charge is -2.15. The molecule has 0 aromatic heterocycles. The van der Waals surface area contributed by atoms with Crippen molar-refractivity contribution in [1.82, 2.24) is 0 Å². The summed E-state index contributed by atoms with van der Waals surface area (Å²) in [4.78, 5) is 0. The van der Waals surface area contributed by atoms with E-state index >= 15 is 0 Å². The van der Waals surface area contributed by atoms with E-state index in [9.17, 15) is 0 Å². The number of hydrogen-bond acceptors (Lipinski definition) is 1. The molecule has 0 bridgehead atoms. The molecule has 0 aliphatic heterocycles. The fraction of sp³-hybridized carbons (Fsp3) is 1.00. The zero-order chi connectivity index (χ0) is 13.5. The molecule has 0 heterocycles. The van der Waals surface area contributed by atoms with Crippen LogP contribution < -0.4 is 5.73 Å². The van der Waals surface area contributed by atoms with E-state index in [1.165, 1.54) is 83.5 Å². The van der Waals surface area contributed by atoms with Crippen molar-refractivity contribution in [1.29, 1.82) is 0 Å². The normalized spacial score (nSPS) is 12.8. The fourth-order valence-electron chi connectivity index (χ4n) is 2.74. The van der Waals surface area contributed by atoms with E-state index in [-0.39, 0.29) is 0 Å². The van der Waals surface area contributed by atoms with Gasteiger partial charge in [0.1, 0.15) is 0 Å². The van der Waals surface area contributed by atoms with Crippen LogP contribution in [0.15, 0.2) is 0 Å². The first-order valence-electron chi connectivity index (χ1n) is 8.55. The summed E-state index contributed by atoms with van der Waals surface area (Å²) in [5, 5.41) is 0. The molecule has 0 rings (SSSR count). The summed E-state index contributed by atoms with van der Waals surface area (Å²) in [5.41, 5.74) is 5.73. The van der Waals surface area contributed by atoms with E-state index in [0.717, 1.165) is 12.5 Å². The highest BCUT2D eigenvalue weighted by atomic mass is 14.5. The average molecular weight is 255 g/mol. The van der Waals surface area contributed by atoms with Crippen LogP contribution in [0.4, 0.5) is 0 Å². The molecule has 0 radical (unpaired) electrons. The molecular weight excluding hydrogens is 218 g/mol. The maximum absolute atomic E-state index is 5.73. The second-order valence-electron chi connectivity index (χ2n) is 5.85. The maximum Gasteiger partial charge on any atom is -0.00746 e. The monoisotopic (exact) mass is 255 g/mol. The molecule has 0 aliphatic carbocycles. The Labute approximate surface area is 116 Å². The highest BCUT2D eigenvalue weighted by Gasteiger charge is 2.07. The SMILES string of the molecule is CCCCCCCCC(CCN)CCCCCC. The second-order valence-corrected chi connectivity index (χ2v) is 5.85. The lowest BCUT2D eigenvalue weighted by atomic mass is 9.91. The van der Waals surface area contributed by atoms with E-state index < -0.39 is 0 Å². The Balaban J connectivity index is 3.44. The molecule has 1 atom stereocenters. The van der Waals surface area contributed by atoms with Crippen molar-refractivity contribution in [3.8, 4) is 0 Å². The summed E-state index contributed by atoms with van der Waals surface area (Å²) in [6, 6.07) is 0. The van der Waals surface area contributed by atoms with Gasteiger partial charge < -0.3 is 5.73 Å². The van der Waals surface area contributed by atoms with Gasteiger partial charge in [0.15, 0.2) is 0 Å². The molecule has 0 fully saturated rings. The van der Waals surface area contributed by atoms with Crippen LogP contribution in [0.1, 0.15) is 97.3 Å². The standard InChI is InChI=1S/C17H37N/c1-3-5-7-9-10-12-14-17(15-16-18)13-11-8-6-4-2/h17H,3-16,18H2,1-2H3. The van der Waals surface area contributed by atoms with Crippen LogP contribution in [0.5, 0.6) is 0 Å². The summed E-state index contributed by atoms with van der Waals surface area (Å²) < 4.78 is 0. The van der Waals surface area contributed by atoms with Crippen molar-refractivity contribution in [3.63, 3.8) is 0 Å². The molecule has 0 aromatic carbocycles. The number of nitrogens with two attached hydrogens (primary N) is 1. The van der Waals surface area contributed by atoms with Crippen LogP contribution in [-0.4, -0.2) is 6.54 Å². The van der Waals surface area contributed by atoms with E-state index in [1.807, 2.05) is 0 Å². The lowest BCUT2D eigenvalue weighted by molar-refractivity contribution is 0.386. The maximum atomic E-state index is 5.73. The van der Waals surface area contributed by atoms with E-state index in [1.54, 1.807) is 0 Å². The Morgan fingerprint density at radius 1 is 0.611 bits per heavy atom. The minimum Gasteiger partial charge on any atom is -0.330 e. The van der Waals surface area contributed by atoms with Gasteiger partial charge in [-0.15, -0.1) is 0 Å². The molecule has 0 aliphatic rings. The van der Waals surface area contributed by atoms with Gasteiger partial charge in [0, 0.05) is 0 Å². The van der Waals surface area contributed by atoms with Gasteiger partial charge in [0.05, 0.1) is 0 Å². The number of unbranched alkanes of at least 4 members (excludes halogenated alkanes) is 8.